The number of nitrogens with one attached hydrogen (secondary N) is 1. The van der Waals surface area contributed by atoms with E-state index in [9.17, 15) is 4.79 Å². The molecule has 0 unspecified atom stereocenters. The third-order valence-electron chi connectivity index (χ3n) is 2.01. The van der Waals surface area contributed by atoms with Crippen LogP contribution in [0.5, 0.6) is 0 Å². The van der Waals surface area contributed by atoms with Crippen molar-refractivity contribution in [1.29, 1.82) is 0 Å². The standard InChI is InChI=1S/C10H15NO2S2/c1-14-6-4-9(10(12)13)11-7-8-3-2-5-15-8/h2-3,5,9,11H,4,6-7H2,1H3,(H,12,13)/t9-/m0/s1. The van der Waals surface area contributed by atoms with Crippen molar-refractivity contribution in [2.24, 2.45) is 0 Å². The van der Waals surface area contributed by atoms with Gasteiger partial charge in [0.1, 0.15) is 6.04 Å². The zero-order chi connectivity index (χ0) is 11.1. The topological polar surface area (TPSA) is 49.3 Å². The minimum absolute atomic E-state index is 0.431. The minimum atomic E-state index is -0.763. The first-order valence-corrected chi connectivity index (χ1v) is 6.99. The highest BCUT2D eigenvalue weighted by Crippen LogP contribution is 2.09. The van der Waals surface area contributed by atoms with E-state index in [1.807, 2.05) is 23.8 Å². The molecule has 0 spiro atoms. The van der Waals surface area contributed by atoms with Gasteiger partial charge in [-0.05, 0) is 29.9 Å². The van der Waals surface area contributed by atoms with Gasteiger partial charge in [0.05, 0.1) is 0 Å². The van der Waals surface area contributed by atoms with Crippen LogP contribution in [0.3, 0.4) is 0 Å². The van der Waals surface area contributed by atoms with Crippen LogP contribution in [0, 0.1) is 0 Å². The highest BCUT2D eigenvalue weighted by atomic mass is 32.2. The minimum Gasteiger partial charge on any atom is -0.480 e. The normalized spacial score (nSPS) is 12.6. The van der Waals surface area contributed by atoms with Gasteiger partial charge in [0, 0.05) is 11.4 Å². The van der Waals surface area contributed by atoms with Crippen molar-refractivity contribution in [3.05, 3.63) is 22.4 Å². The van der Waals surface area contributed by atoms with Crippen LogP contribution in [0.4, 0.5) is 0 Å². The SMILES string of the molecule is CSCC[C@H](NCc1cccs1)C(=O)O. The van der Waals surface area contributed by atoms with E-state index < -0.39 is 12.0 Å². The second-order valence-electron chi connectivity index (χ2n) is 3.13. The molecule has 0 saturated heterocycles. The number of thiophene rings is 1. The summed E-state index contributed by atoms with van der Waals surface area (Å²) in [5.41, 5.74) is 0. The number of carbonyl (C=O) groups is 1. The third-order valence-corrected chi connectivity index (χ3v) is 3.53. The smallest absolute Gasteiger partial charge is 0.320 e. The first kappa shape index (κ1) is 12.5. The molecule has 5 heteroatoms. The Hall–Kier alpha value is -0.520. The van der Waals surface area contributed by atoms with Gasteiger partial charge in [-0.2, -0.15) is 11.8 Å². The van der Waals surface area contributed by atoms with Crippen molar-refractivity contribution in [3.8, 4) is 0 Å². The van der Waals surface area contributed by atoms with Crippen LogP contribution in [0.25, 0.3) is 0 Å². The number of thioether (sulfide) groups is 1. The Bertz CT molecular complexity index is 288. The number of carboxylic acids is 1. The Morgan fingerprint density at radius 3 is 3.07 bits per heavy atom. The molecule has 1 aromatic rings. The Morgan fingerprint density at radius 2 is 2.53 bits per heavy atom. The first-order chi connectivity index (χ1) is 7.24. The molecule has 3 nitrogen and oxygen atoms in total. The zero-order valence-electron chi connectivity index (χ0n) is 8.60. The van der Waals surface area contributed by atoms with E-state index in [-0.39, 0.29) is 0 Å². The number of hydrogen-bond donors (Lipinski definition) is 2. The van der Waals surface area contributed by atoms with E-state index in [0.717, 1.165) is 5.75 Å². The van der Waals surface area contributed by atoms with Gasteiger partial charge in [-0.1, -0.05) is 6.07 Å². The fourth-order valence-electron chi connectivity index (χ4n) is 1.19. The van der Waals surface area contributed by atoms with Crippen LogP contribution >= 0.6 is 23.1 Å². The van der Waals surface area contributed by atoms with Crippen LogP contribution in [-0.4, -0.2) is 29.1 Å². The number of rotatable bonds is 7. The summed E-state index contributed by atoms with van der Waals surface area (Å²) in [6.45, 7) is 0.642. The van der Waals surface area contributed by atoms with Gasteiger partial charge in [-0.15, -0.1) is 11.3 Å². The van der Waals surface area contributed by atoms with Crippen LogP contribution in [0.15, 0.2) is 17.5 Å². The van der Waals surface area contributed by atoms with Crippen LogP contribution in [-0.2, 0) is 11.3 Å². The van der Waals surface area contributed by atoms with Gasteiger partial charge in [0.2, 0.25) is 0 Å². The summed E-state index contributed by atoms with van der Waals surface area (Å²) in [6.07, 6.45) is 2.65. The Labute approximate surface area is 97.9 Å². The van der Waals surface area contributed by atoms with E-state index in [4.69, 9.17) is 5.11 Å². The van der Waals surface area contributed by atoms with Crippen molar-refractivity contribution in [2.45, 2.75) is 19.0 Å². The molecule has 15 heavy (non-hydrogen) atoms. The highest BCUT2D eigenvalue weighted by molar-refractivity contribution is 7.98. The lowest BCUT2D eigenvalue weighted by molar-refractivity contribution is -0.139. The molecule has 84 valence electrons. The molecule has 1 rings (SSSR count). The maximum absolute atomic E-state index is 10.9. The molecular formula is C10H15NO2S2. The fraction of sp³-hybridized carbons (Fsp3) is 0.500. The van der Waals surface area contributed by atoms with Crippen LogP contribution in [0.1, 0.15) is 11.3 Å². The quantitative estimate of drug-likeness (QED) is 0.772. The molecule has 0 amide bonds. The van der Waals surface area contributed by atoms with Crippen LogP contribution < -0.4 is 5.32 Å². The fourth-order valence-corrected chi connectivity index (χ4v) is 2.31. The lowest BCUT2D eigenvalue weighted by Gasteiger charge is -2.12. The molecule has 1 heterocycles. The second-order valence-corrected chi connectivity index (χ2v) is 5.15. The van der Waals surface area contributed by atoms with Gasteiger partial charge in [0.15, 0.2) is 0 Å². The lowest BCUT2D eigenvalue weighted by atomic mass is 10.2. The average Bonchev–Trinajstić information content (AvgIpc) is 2.70. The molecule has 0 aliphatic rings. The Morgan fingerprint density at radius 1 is 1.73 bits per heavy atom. The molecule has 1 aromatic heterocycles. The zero-order valence-corrected chi connectivity index (χ0v) is 10.2. The molecule has 2 N–H and O–H groups in total. The summed E-state index contributed by atoms with van der Waals surface area (Å²) >= 11 is 3.31. The van der Waals surface area contributed by atoms with Crippen molar-refractivity contribution in [2.75, 3.05) is 12.0 Å². The van der Waals surface area contributed by atoms with Crippen molar-refractivity contribution in [1.82, 2.24) is 5.32 Å². The van der Waals surface area contributed by atoms with Crippen molar-refractivity contribution >= 4 is 29.1 Å². The maximum Gasteiger partial charge on any atom is 0.320 e. The van der Waals surface area contributed by atoms with E-state index >= 15 is 0 Å². The molecule has 0 aliphatic heterocycles. The summed E-state index contributed by atoms with van der Waals surface area (Å²) in [5, 5.41) is 14.0. The summed E-state index contributed by atoms with van der Waals surface area (Å²) in [5.74, 6) is 0.106. The predicted molar refractivity (Wildman–Crippen MR) is 65.6 cm³/mol. The third kappa shape index (κ3) is 4.68. The number of carboxylic acid groups (broad SMARTS) is 1. The number of aliphatic carboxylic acids is 1. The summed E-state index contributed by atoms with van der Waals surface area (Å²) in [6, 6.07) is 3.55. The average molecular weight is 245 g/mol. The molecule has 1 atom stereocenters. The molecule has 0 radical (unpaired) electrons. The lowest BCUT2D eigenvalue weighted by Crippen LogP contribution is -2.36. The maximum atomic E-state index is 10.9. The first-order valence-electron chi connectivity index (χ1n) is 4.71. The van der Waals surface area contributed by atoms with E-state index in [0.29, 0.717) is 13.0 Å². The molecule has 0 fully saturated rings. The van der Waals surface area contributed by atoms with Gasteiger partial charge in [-0.25, -0.2) is 0 Å². The monoisotopic (exact) mass is 245 g/mol. The van der Waals surface area contributed by atoms with Crippen molar-refractivity contribution < 1.29 is 9.90 Å². The van der Waals surface area contributed by atoms with Crippen LogP contribution in [0.2, 0.25) is 0 Å². The molecule has 0 aromatic carbocycles. The summed E-state index contributed by atoms with van der Waals surface area (Å²) < 4.78 is 0. The Balaban J connectivity index is 2.34. The Kier molecular flexibility index (Phi) is 5.75. The highest BCUT2D eigenvalue weighted by Gasteiger charge is 2.15. The van der Waals surface area contributed by atoms with Gasteiger partial charge < -0.3 is 5.11 Å². The van der Waals surface area contributed by atoms with Gasteiger partial charge >= 0.3 is 5.97 Å². The van der Waals surface area contributed by atoms with E-state index in [2.05, 4.69) is 5.32 Å². The number of hydrogen-bond acceptors (Lipinski definition) is 4. The molecule has 0 saturated carbocycles. The van der Waals surface area contributed by atoms with Gasteiger partial charge in [0.25, 0.3) is 0 Å². The van der Waals surface area contributed by atoms with Gasteiger partial charge in [-0.3, -0.25) is 10.1 Å². The molecule has 0 aliphatic carbocycles. The van der Waals surface area contributed by atoms with Crippen molar-refractivity contribution in [3.63, 3.8) is 0 Å². The molecule has 0 bridgehead atoms. The second kappa shape index (κ2) is 6.87. The predicted octanol–water partition coefficient (Wildman–Crippen LogP) is 2.04. The largest absolute Gasteiger partial charge is 0.480 e. The summed E-state index contributed by atoms with van der Waals surface area (Å²) in [4.78, 5) is 12.1. The molecular weight excluding hydrogens is 230 g/mol. The summed E-state index contributed by atoms with van der Waals surface area (Å²) in [7, 11) is 0. The van der Waals surface area contributed by atoms with E-state index in [1.54, 1.807) is 23.1 Å². The van der Waals surface area contributed by atoms with E-state index in [1.165, 1.54) is 4.88 Å².